The molecule has 1 fully saturated rings. The van der Waals surface area contributed by atoms with Gasteiger partial charge in [0.1, 0.15) is 12.1 Å². The number of carbonyl (C=O) groups is 2. The third-order valence-electron chi connectivity index (χ3n) is 5.08. The second-order valence-corrected chi connectivity index (χ2v) is 7.33. The molecule has 28 heavy (non-hydrogen) atoms. The Morgan fingerprint density at radius 1 is 1.07 bits per heavy atom. The van der Waals surface area contributed by atoms with Crippen molar-refractivity contribution >= 4 is 11.8 Å². The van der Waals surface area contributed by atoms with Crippen molar-refractivity contribution in [3.05, 3.63) is 70.1 Å². The third-order valence-corrected chi connectivity index (χ3v) is 5.08. The minimum absolute atomic E-state index is 0.0855. The quantitative estimate of drug-likeness (QED) is 0.793. The van der Waals surface area contributed by atoms with Crippen molar-refractivity contribution in [3.8, 4) is 0 Å². The minimum Gasteiger partial charge on any atom is -0.347 e. The highest BCUT2D eigenvalue weighted by Gasteiger charge is 2.32. The molecule has 0 aliphatic carbocycles. The molecule has 2 heterocycles. The third kappa shape index (κ3) is 4.14. The van der Waals surface area contributed by atoms with Gasteiger partial charge in [-0.1, -0.05) is 30.3 Å². The van der Waals surface area contributed by atoms with E-state index in [0.29, 0.717) is 13.1 Å². The molecule has 1 aromatic heterocycles. The number of benzene rings is 1. The lowest BCUT2D eigenvalue weighted by molar-refractivity contribution is -0.129. The Morgan fingerprint density at radius 3 is 2.46 bits per heavy atom. The number of nitrogens with zero attached hydrogens (tertiary/aromatic N) is 4. The minimum atomic E-state index is -0.437. The van der Waals surface area contributed by atoms with Crippen LogP contribution in [0.15, 0.2) is 53.5 Å². The summed E-state index contributed by atoms with van der Waals surface area (Å²) in [6.45, 7) is 1.91. The molecule has 1 saturated heterocycles. The number of carbonyl (C=O) groups excluding carboxylic acids is 2. The molecular weight excluding hydrogens is 356 g/mol. The van der Waals surface area contributed by atoms with Crippen LogP contribution in [0.5, 0.6) is 0 Å². The zero-order chi connectivity index (χ0) is 20.3. The number of likely N-dealkylation sites (N-methyl/N-ethyl adjacent to an activating group) is 2. The number of amides is 2. The highest BCUT2D eigenvalue weighted by molar-refractivity contribution is 5.94. The van der Waals surface area contributed by atoms with Gasteiger partial charge >= 0.3 is 0 Å². The van der Waals surface area contributed by atoms with Gasteiger partial charge in [-0.05, 0) is 24.7 Å². The monoisotopic (exact) mass is 382 g/mol. The summed E-state index contributed by atoms with van der Waals surface area (Å²) in [6.07, 6.45) is 1.54. The highest BCUT2D eigenvalue weighted by Crippen LogP contribution is 2.26. The van der Waals surface area contributed by atoms with Gasteiger partial charge in [0.2, 0.25) is 5.91 Å². The van der Waals surface area contributed by atoms with Crippen LogP contribution in [-0.2, 0) is 11.3 Å². The second-order valence-electron chi connectivity index (χ2n) is 7.33. The van der Waals surface area contributed by atoms with Crippen molar-refractivity contribution in [3.63, 3.8) is 0 Å². The summed E-state index contributed by atoms with van der Waals surface area (Å²) in [5.41, 5.74) is 0.703. The number of hydrogen-bond acceptors (Lipinski definition) is 4. The summed E-state index contributed by atoms with van der Waals surface area (Å²) in [5, 5.41) is 0. The van der Waals surface area contributed by atoms with Gasteiger partial charge in [0.25, 0.3) is 11.5 Å². The van der Waals surface area contributed by atoms with Crippen molar-refractivity contribution in [2.45, 2.75) is 12.6 Å². The maximum Gasteiger partial charge on any atom is 0.263 e. The Labute approximate surface area is 164 Å². The lowest BCUT2D eigenvalue weighted by Crippen LogP contribution is -2.50. The van der Waals surface area contributed by atoms with Crippen LogP contribution < -0.4 is 5.56 Å². The molecule has 1 atom stereocenters. The van der Waals surface area contributed by atoms with Crippen LogP contribution in [0, 0.1) is 0 Å². The zero-order valence-electron chi connectivity index (χ0n) is 16.5. The molecule has 1 aromatic carbocycles. The molecule has 0 radical (unpaired) electrons. The molecule has 1 aliphatic heterocycles. The fourth-order valence-corrected chi connectivity index (χ4v) is 3.39. The lowest BCUT2D eigenvalue weighted by Gasteiger charge is -2.40. The topological polar surface area (TPSA) is 65.9 Å². The molecule has 3 rings (SSSR count). The smallest absolute Gasteiger partial charge is 0.263 e. The first-order valence-corrected chi connectivity index (χ1v) is 9.32. The molecule has 0 unspecified atom stereocenters. The van der Waals surface area contributed by atoms with E-state index in [-0.39, 0.29) is 30.0 Å². The molecule has 0 saturated carbocycles. The van der Waals surface area contributed by atoms with Crippen LogP contribution in [0.25, 0.3) is 0 Å². The first-order chi connectivity index (χ1) is 13.4. The first-order valence-electron chi connectivity index (χ1n) is 9.32. The van der Waals surface area contributed by atoms with Crippen molar-refractivity contribution in [2.75, 3.05) is 40.8 Å². The molecule has 7 nitrogen and oxygen atoms in total. The Balaban J connectivity index is 1.92. The van der Waals surface area contributed by atoms with Gasteiger partial charge in [0.15, 0.2) is 0 Å². The lowest BCUT2D eigenvalue weighted by atomic mass is 10.0. The summed E-state index contributed by atoms with van der Waals surface area (Å²) in [4.78, 5) is 43.5. The van der Waals surface area contributed by atoms with Crippen molar-refractivity contribution < 1.29 is 9.59 Å². The molecule has 148 valence electrons. The predicted molar refractivity (Wildman–Crippen MR) is 107 cm³/mol. The van der Waals surface area contributed by atoms with Crippen molar-refractivity contribution in [1.29, 1.82) is 0 Å². The Hall–Kier alpha value is -2.93. The summed E-state index contributed by atoms with van der Waals surface area (Å²) < 4.78 is 1.29. The van der Waals surface area contributed by atoms with Crippen LogP contribution in [0.3, 0.4) is 0 Å². The fraction of sp³-hybridized carbons (Fsp3) is 0.381. The van der Waals surface area contributed by atoms with Gasteiger partial charge in [-0.25, -0.2) is 0 Å². The van der Waals surface area contributed by atoms with Gasteiger partial charge in [0.05, 0.1) is 6.04 Å². The van der Waals surface area contributed by atoms with Gasteiger partial charge < -0.3 is 19.3 Å². The maximum absolute atomic E-state index is 13.3. The van der Waals surface area contributed by atoms with Gasteiger partial charge in [-0.3, -0.25) is 14.4 Å². The number of piperazine rings is 1. The second kappa shape index (κ2) is 8.39. The van der Waals surface area contributed by atoms with E-state index < -0.39 is 5.56 Å². The standard InChI is InChI=1S/C21H26N4O3/c1-22(2)19(26)15-24-11-7-10-17(20(24)27)21(28)25-13-12-23(3)14-18(25)16-8-5-4-6-9-16/h4-11,18H,12-15H2,1-3H3/t18-/m0/s1. The molecule has 0 spiro atoms. The van der Waals surface area contributed by atoms with Gasteiger partial charge in [-0.15, -0.1) is 0 Å². The SMILES string of the molecule is CN1CCN(C(=O)c2cccn(CC(=O)N(C)C)c2=O)[C@H](c2ccccc2)C1. The van der Waals surface area contributed by atoms with Crippen molar-refractivity contribution in [2.24, 2.45) is 0 Å². The molecule has 0 N–H and O–H groups in total. The van der Waals surface area contributed by atoms with Crippen LogP contribution in [0.2, 0.25) is 0 Å². The average molecular weight is 382 g/mol. The van der Waals surface area contributed by atoms with E-state index >= 15 is 0 Å². The predicted octanol–water partition coefficient (Wildman–Crippen LogP) is 1.07. The fourth-order valence-electron chi connectivity index (χ4n) is 3.39. The Bertz CT molecular complexity index is 907. The van der Waals surface area contributed by atoms with Gasteiger partial charge in [0, 0.05) is 39.9 Å². The summed E-state index contributed by atoms with van der Waals surface area (Å²) in [5.74, 6) is -0.493. The number of hydrogen-bond donors (Lipinski definition) is 0. The van der Waals surface area contributed by atoms with Crippen LogP contribution in [-0.4, -0.2) is 71.9 Å². The molecule has 0 bridgehead atoms. The normalized spacial score (nSPS) is 17.4. The van der Waals surface area contributed by atoms with E-state index in [9.17, 15) is 14.4 Å². The number of rotatable bonds is 4. The zero-order valence-corrected chi connectivity index (χ0v) is 16.5. The van der Waals surface area contributed by atoms with Crippen LogP contribution >= 0.6 is 0 Å². The number of aromatic nitrogens is 1. The molecule has 1 aliphatic rings. The summed E-state index contributed by atoms with van der Waals surface area (Å²) >= 11 is 0. The Kier molecular flexibility index (Phi) is 5.94. The van der Waals surface area contributed by atoms with E-state index in [1.807, 2.05) is 37.4 Å². The summed E-state index contributed by atoms with van der Waals surface area (Å²) in [7, 11) is 5.30. The van der Waals surface area contributed by atoms with E-state index in [1.54, 1.807) is 37.3 Å². The molecular formula is C21H26N4O3. The van der Waals surface area contributed by atoms with Gasteiger partial charge in [-0.2, -0.15) is 0 Å². The Morgan fingerprint density at radius 2 is 1.79 bits per heavy atom. The van der Waals surface area contributed by atoms with Crippen LogP contribution in [0.1, 0.15) is 22.0 Å². The first kappa shape index (κ1) is 19.8. The largest absolute Gasteiger partial charge is 0.347 e. The molecule has 2 amide bonds. The molecule has 2 aromatic rings. The van der Waals surface area contributed by atoms with Crippen molar-refractivity contribution in [1.82, 2.24) is 19.3 Å². The van der Waals surface area contributed by atoms with E-state index in [4.69, 9.17) is 0 Å². The highest BCUT2D eigenvalue weighted by atomic mass is 16.2. The van der Waals surface area contributed by atoms with E-state index in [0.717, 1.165) is 12.1 Å². The van der Waals surface area contributed by atoms with E-state index in [1.165, 1.54) is 9.47 Å². The maximum atomic E-state index is 13.3. The van der Waals surface area contributed by atoms with E-state index in [2.05, 4.69) is 4.90 Å². The van der Waals surface area contributed by atoms with Crippen LogP contribution in [0.4, 0.5) is 0 Å². The average Bonchev–Trinajstić information content (AvgIpc) is 2.69. The number of pyridine rings is 1. The molecule has 7 heteroatoms. The summed E-state index contributed by atoms with van der Waals surface area (Å²) in [6, 6.07) is 12.9.